The second-order valence-electron chi connectivity index (χ2n) is 6.69. The number of quaternary nitrogens is 1. The highest BCUT2D eigenvalue weighted by Gasteiger charge is 2.37. The summed E-state index contributed by atoms with van der Waals surface area (Å²) >= 11 is 0. The number of nitrogens with zero attached hydrogens (tertiary/aromatic N) is 2. The van der Waals surface area contributed by atoms with Gasteiger partial charge in [-0.1, -0.05) is 35.5 Å². The molecule has 30 heavy (non-hydrogen) atoms. The third-order valence-corrected chi connectivity index (χ3v) is 4.40. The first-order valence-electron chi connectivity index (χ1n) is 8.88. The molecule has 0 saturated heterocycles. The third kappa shape index (κ3) is 6.58. The standard InChI is InChI=1S/C20H20F6N4/c1-12(14-3-7-16(8-4-14)19(21,22)23)11-28-18(27)30-29-13(2)15-5-9-17(10-6-15)20(24,25)26/h3-7,9-11,16H,8H2,1-2H3,(H3,27,28,30)/p+1. The molecule has 4 nitrogen and oxygen atoms in total. The van der Waals surface area contributed by atoms with E-state index < -0.39 is 23.8 Å². The van der Waals surface area contributed by atoms with Crippen LogP contribution in [-0.2, 0) is 6.18 Å². The monoisotopic (exact) mass is 431 g/mol. The summed E-state index contributed by atoms with van der Waals surface area (Å²) in [5, 5.41) is 4.09. The molecule has 0 amide bonds. The lowest BCUT2D eigenvalue weighted by atomic mass is 9.93. The first-order valence-corrected chi connectivity index (χ1v) is 8.88. The van der Waals surface area contributed by atoms with Crippen molar-refractivity contribution in [1.29, 1.82) is 0 Å². The summed E-state index contributed by atoms with van der Waals surface area (Å²) in [6.45, 7) is 3.31. The van der Waals surface area contributed by atoms with Crippen LogP contribution in [0.15, 0.2) is 69.9 Å². The van der Waals surface area contributed by atoms with Crippen LogP contribution in [0.1, 0.15) is 31.4 Å². The summed E-state index contributed by atoms with van der Waals surface area (Å²) in [4.78, 5) is 4.00. The van der Waals surface area contributed by atoms with Crippen LogP contribution in [0.2, 0.25) is 0 Å². The molecule has 162 valence electrons. The molecule has 0 saturated carbocycles. The van der Waals surface area contributed by atoms with E-state index in [4.69, 9.17) is 5.73 Å². The highest BCUT2D eigenvalue weighted by atomic mass is 19.4. The topological polar surface area (TPSA) is 67.3 Å². The minimum absolute atomic E-state index is 0.0363. The molecule has 1 aromatic carbocycles. The summed E-state index contributed by atoms with van der Waals surface area (Å²) in [5.74, 6) is -1.45. The minimum Gasteiger partial charge on any atom is -0.336 e. The van der Waals surface area contributed by atoms with Gasteiger partial charge in [-0.05, 0) is 43.5 Å². The van der Waals surface area contributed by atoms with Gasteiger partial charge in [0.05, 0.1) is 11.5 Å². The van der Waals surface area contributed by atoms with E-state index in [9.17, 15) is 26.3 Å². The van der Waals surface area contributed by atoms with Crippen molar-refractivity contribution in [2.24, 2.45) is 21.7 Å². The van der Waals surface area contributed by atoms with E-state index in [1.54, 1.807) is 13.8 Å². The van der Waals surface area contributed by atoms with Crippen molar-refractivity contribution in [2.45, 2.75) is 32.6 Å². The number of benzene rings is 1. The lowest BCUT2D eigenvalue weighted by Gasteiger charge is -2.19. The maximum Gasteiger partial charge on any atom is 0.416 e. The van der Waals surface area contributed by atoms with Crippen LogP contribution in [0.5, 0.6) is 0 Å². The molecular formula is C20H21F6N4+. The predicted octanol–water partition coefficient (Wildman–Crippen LogP) is 4.28. The van der Waals surface area contributed by atoms with Crippen LogP contribution in [-0.4, -0.2) is 17.8 Å². The molecule has 1 atom stereocenters. The molecular weight excluding hydrogens is 410 g/mol. The average molecular weight is 431 g/mol. The SMILES string of the molecule is CC(=CN=C(N)[NH2+]N=C(C)c1ccc(C(F)(F)F)cc1)C1=CCC(C(F)(F)F)C=C1. The second-order valence-corrected chi connectivity index (χ2v) is 6.69. The summed E-state index contributed by atoms with van der Waals surface area (Å²) in [5.41, 5.74) is 8.44. The van der Waals surface area contributed by atoms with Crippen molar-refractivity contribution in [3.05, 3.63) is 71.0 Å². The van der Waals surface area contributed by atoms with Crippen LogP contribution >= 0.6 is 0 Å². The molecule has 0 bridgehead atoms. The molecule has 0 spiro atoms. The van der Waals surface area contributed by atoms with Gasteiger partial charge in [-0.15, -0.1) is 0 Å². The number of allylic oxidation sites excluding steroid dienone is 5. The van der Waals surface area contributed by atoms with E-state index in [2.05, 4.69) is 10.1 Å². The van der Waals surface area contributed by atoms with Gasteiger partial charge in [0.25, 0.3) is 0 Å². The molecule has 1 unspecified atom stereocenters. The smallest absolute Gasteiger partial charge is 0.336 e. The Bertz CT molecular complexity index is 903. The van der Waals surface area contributed by atoms with Crippen molar-refractivity contribution < 1.29 is 31.8 Å². The zero-order chi connectivity index (χ0) is 22.5. The molecule has 10 heteroatoms. The second kappa shape index (κ2) is 9.29. The van der Waals surface area contributed by atoms with Crippen LogP contribution < -0.4 is 11.2 Å². The highest BCUT2D eigenvalue weighted by molar-refractivity contribution is 5.98. The summed E-state index contributed by atoms with van der Waals surface area (Å²) in [6.07, 6.45) is -3.39. The summed E-state index contributed by atoms with van der Waals surface area (Å²) in [7, 11) is 0. The van der Waals surface area contributed by atoms with Crippen LogP contribution in [0.4, 0.5) is 26.3 Å². The fraction of sp³-hybridized carbons (Fsp3) is 0.300. The molecule has 2 rings (SSSR count). The van der Waals surface area contributed by atoms with Gasteiger partial charge < -0.3 is 5.73 Å². The number of hydrogen-bond acceptors (Lipinski definition) is 2. The largest absolute Gasteiger partial charge is 0.416 e. The van der Waals surface area contributed by atoms with Gasteiger partial charge in [0.1, 0.15) is 5.71 Å². The van der Waals surface area contributed by atoms with Gasteiger partial charge in [-0.25, -0.2) is 0 Å². The molecule has 0 radical (unpaired) electrons. The Kier molecular flexibility index (Phi) is 7.25. The van der Waals surface area contributed by atoms with Gasteiger partial charge in [-0.3, -0.25) is 0 Å². The van der Waals surface area contributed by atoms with Crippen molar-refractivity contribution in [1.82, 2.24) is 0 Å². The number of guanidine groups is 1. The van der Waals surface area contributed by atoms with E-state index in [0.717, 1.165) is 18.2 Å². The van der Waals surface area contributed by atoms with E-state index in [1.165, 1.54) is 35.9 Å². The van der Waals surface area contributed by atoms with Crippen LogP contribution in [0, 0.1) is 5.92 Å². The zero-order valence-electron chi connectivity index (χ0n) is 16.2. The number of nitrogens with two attached hydrogens (primary N) is 2. The molecule has 1 aliphatic carbocycles. The molecule has 0 aromatic heterocycles. The number of rotatable bonds is 4. The van der Waals surface area contributed by atoms with Gasteiger partial charge in [0.2, 0.25) is 0 Å². The molecule has 0 heterocycles. The van der Waals surface area contributed by atoms with Gasteiger partial charge >= 0.3 is 18.3 Å². The van der Waals surface area contributed by atoms with Crippen LogP contribution in [0.25, 0.3) is 0 Å². The average Bonchev–Trinajstić information content (AvgIpc) is 2.69. The lowest BCUT2D eigenvalue weighted by Crippen LogP contribution is -2.85. The number of hydrogen-bond donors (Lipinski definition) is 2. The predicted molar refractivity (Wildman–Crippen MR) is 102 cm³/mol. The Balaban J connectivity index is 1.99. The first kappa shape index (κ1) is 23.4. The normalized spacial score (nSPS) is 19.1. The highest BCUT2D eigenvalue weighted by Crippen LogP contribution is 2.34. The molecule has 4 N–H and O–H groups in total. The van der Waals surface area contributed by atoms with E-state index in [0.29, 0.717) is 22.4 Å². The quantitative estimate of drug-likeness (QED) is 0.241. The van der Waals surface area contributed by atoms with Crippen molar-refractivity contribution in [2.75, 3.05) is 0 Å². The fourth-order valence-electron chi connectivity index (χ4n) is 2.57. The van der Waals surface area contributed by atoms with Gasteiger partial charge in [-0.2, -0.15) is 36.8 Å². The van der Waals surface area contributed by atoms with Crippen molar-refractivity contribution in [3.63, 3.8) is 0 Å². The molecule has 0 aliphatic heterocycles. The number of alkyl halides is 6. The van der Waals surface area contributed by atoms with Gasteiger partial charge in [0, 0.05) is 11.8 Å². The zero-order valence-corrected chi connectivity index (χ0v) is 16.2. The first-order chi connectivity index (χ1) is 13.9. The van der Waals surface area contributed by atoms with E-state index >= 15 is 0 Å². The maximum atomic E-state index is 12.7. The molecule has 1 aromatic rings. The Morgan fingerprint density at radius 1 is 1.10 bits per heavy atom. The number of aliphatic imine (C=N–C) groups is 1. The van der Waals surface area contributed by atoms with Crippen LogP contribution in [0.3, 0.4) is 0 Å². The van der Waals surface area contributed by atoms with Crippen molar-refractivity contribution >= 4 is 11.7 Å². The molecule has 1 aliphatic rings. The fourth-order valence-corrected chi connectivity index (χ4v) is 2.57. The lowest BCUT2D eigenvalue weighted by molar-refractivity contribution is -0.547. The summed E-state index contributed by atoms with van der Waals surface area (Å²) < 4.78 is 75.8. The van der Waals surface area contributed by atoms with E-state index in [-0.39, 0.29) is 12.4 Å². The van der Waals surface area contributed by atoms with Gasteiger partial charge in [0.15, 0.2) is 0 Å². The van der Waals surface area contributed by atoms with E-state index in [1.807, 2.05) is 0 Å². The Labute approximate surface area is 169 Å². The summed E-state index contributed by atoms with van der Waals surface area (Å²) in [6, 6.07) is 4.55. The Hall–Kier alpha value is -2.88. The third-order valence-electron chi connectivity index (χ3n) is 4.40. The molecule has 0 fully saturated rings. The Morgan fingerprint density at radius 3 is 2.23 bits per heavy atom. The maximum absolute atomic E-state index is 12.7. The number of halogens is 6. The Morgan fingerprint density at radius 2 is 1.73 bits per heavy atom. The van der Waals surface area contributed by atoms with Crippen molar-refractivity contribution in [3.8, 4) is 0 Å². The minimum atomic E-state index is -4.41.